The van der Waals surface area contributed by atoms with Crippen molar-refractivity contribution in [2.75, 3.05) is 18.6 Å². The molecule has 1 aliphatic rings. The van der Waals surface area contributed by atoms with E-state index >= 15 is 0 Å². The lowest BCUT2D eigenvalue weighted by Crippen LogP contribution is -2.24. The minimum absolute atomic E-state index is 0.101. The van der Waals surface area contributed by atoms with Crippen molar-refractivity contribution in [1.82, 2.24) is 5.32 Å². The summed E-state index contributed by atoms with van der Waals surface area (Å²) < 4.78 is 4.93. The summed E-state index contributed by atoms with van der Waals surface area (Å²) in [6.45, 7) is 0.998. The fourth-order valence-corrected chi connectivity index (χ4v) is 2.97. The molecule has 1 heterocycles. The largest absolute Gasteiger partial charge is 0.490 e. The number of carbonyl (C=O) groups is 2. The van der Waals surface area contributed by atoms with Gasteiger partial charge in [0.05, 0.1) is 12.0 Å². The maximum atomic E-state index is 12.3. The van der Waals surface area contributed by atoms with E-state index in [0.717, 1.165) is 24.2 Å². The van der Waals surface area contributed by atoms with Crippen molar-refractivity contribution in [1.29, 1.82) is 0 Å². The Balaban J connectivity index is 1.64. The highest BCUT2D eigenvalue weighted by Crippen LogP contribution is 2.27. The fraction of sp³-hybridized carbons (Fsp3) is 0.263. The molecule has 2 aromatic carbocycles. The molecule has 27 heavy (non-hydrogen) atoms. The maximum absolute atomic E-state index is 12.3. The van der Waals surface area contributed by atoms with E-state index in [0.29, 0.717) is 6.42 Å². The molecule has 0 unspecified atom stereocenters. The third-order valence-electron chi connectivity index (χ3n) is 4.41. The van der Waals surface area contributed by atoms with E-state index in [2.05, 4.69) is 5.32 Å². The van der Waals surface area contributed by atoms with Crippen LogP contribution in [0, 0.1) is 10.1 Å². The van der Waals surface area contributed by atoms with Gasteiger partial charge in [-0.2, -0.15) is 0 Å². The predicted molar refractivity (Wildman–Crippen MR) is 98.8 cm³/mol. The molecule has 3 rings (SSSR count). The number of hydrogen-bond acceptors (Lipinski definition) is 5. The Hall–Kier alpha value is -3.42. The first-order chi connectivity index (χ1) is 13.0. The molecule has 2 amide bonds. The molecular weight excluding hydrogens is 350 g/mol. The topological polar surface area (TPSA) is 102 Å². The van der Waals surface area contributed by atoms with Crippen LogP contribution in [0.3, 0.4) is 0 Å². The van der Waals surface area contributed by atoms with Crippen LogP contribution in [0.2, 0.25) is 0 Å². The van der Waals surface area contributed by atoms with E-state index in [-0.39, 0.29) is 29.5 Å². The second kappa shape index (κ2) is 7.86. The molecule has 140 valence electrons. The lowest BCUT2D eigenvalue weighted by Gasteiger charge is -2.16. The molecule has 0 saturated carbocycles. The van der Waals surface area contributed by atoms with Gasteiger partial charge in [0.25, 0.3) is 5.91 Å². The van der Waals surface area contributed by atoms with Crippen LogP contribution < -0.4 is 15.0 Å². The van der Waals surface area contributed by atoms with E-state index in [4.69, 9.17) is 4.74 Å². The zero-order chi connectivity index (χ0) is 19.4. The van der Waals surface area contributed by atoms with Gasteiger partial charge in [0.1, 0.15) is 0 Å². The van der Waals surface area contributed by atoms with Gasteiger partial charge in [0.2, 0.25) is 5.91 Å². The van der Waals surface area contributed by atoms with Crippen LogP contribution in [0.5, 0.6) is 5.75 Å². The van der Waals surface area contributed by atoms with Crippen LogP contribution in [0.4, 0.5) is 11.4 Å². The zero-order valence-electron chi connectivity index (χ0n) is 14.8. The molecule has 8 nitrogen and oxygen atoms in total. The van der Waals surface area contributed by atoms with Gasteiger partial charge < -0.3 is 15.0 Å². The number of carbonyl (C=O) groups excluding carboxylic acids is 2. The van der Waals surface area contributed by atoms with Crippen LogP contribution in [0.25, 0.3) is 0 Å². The normalized spacial score (nSPS) is 13.5. The SMILES string of the molecule is COc1ccc(C(=O)NCc2ccc(N3CCCC3=O)cc2)cc1[N+](=O)[O-]. The second-order valence-corrected chi connectivity index (χ2v) is 6.14. The van der Waals surface area contributed by atoms with E-state index in [9.17, 15) is 19.7 Å². The monoisotopic (exact) mass is 369 g/mol. The van der Waals surface area contributed by atoms with Crippen LogP contribution in [0.1, 0.15) is 28.8 Å². The average molecular weight is 369 g/mol. The number of nitro groups is 1. The highest BCUT2D eigenvalue weighted by molar-refractivity contribution is 5.96. The number of anilines is 1. The summed E-state index contributed by atoms with van der Waals surface area (Å²) >= 11 is 0. The first-order valence-electron chi connectivity index (χ1n) is 8.49. The van der Waals surface area contributed by atoms with Crippen LogP contribution in [-0.4, -0.2) is 30.4 Å². The number of amides is 2. The van der Waals surface area contributed by atoms with E-state index in [1.807, 2.05) is 24.3 Å². The Labute approximate surface area is 155 Å². The molecular formula is C19H19N3O5. The smallest absolute Gasteiger partial charge is 0.311 e. The fourth-order valence-electron chi connectivity index (χ4n) is 2.97. The van der Waals surface area contributed by atoms with Crippen LogP contribution in [0.15, 0.2) is 42.5 Å². The zero-order valence-corrected chi connectivity index (χ0v) is 14.8. The third kappa shape index (κ3) is 4.05. The van der Waals surface area contributed by atoms with E-state index in [1.165, 1.54) is 25.3 Å². The van der Waals surface area contributed by atoms with Crippen molar-refractivity contribution in [3.8, 4) is 5.75 Å². The Morgan fingerprint density at radius 2 is 2.00 bits per heavy atom. The minimum Gasteiger partial charge on any atom is -0.490 e. The highest BCUT2D eigenvalue weighted by Gasteiger charge is 2.21. The number of rotatable bonds is 6. The molecule has 0 aromatic heterocycles. The number of methoxy groups -OCH3 is 1. The quantitative estimate of drug-likeness (QED) is 0.623. The number of ether oxygens (including phenoxy) is 1. The number of hydrogen-bond donors (Lipinski definition) is 1. The second-order valence-electron chi connectivity index (χ2n) is 6.14. The molecule has 0 bridgehead atoms. The Bertz CT molecular complexity index is 879. The molecule has 0 aliphatic carbocycles. The highest BCUT2D eigenvalue weighted by atomic mass is 16.6. The number of benzene rings is 2. The Morgan fingerprint density at radius 3 is 2.59 bits per heavy atom. The van der Waals surface area contributed by atoms with Crippen LogP contribution >= 0.6 is 0 Å². The van der Waals surface area contributed by atoms with Crippen molar-refractivity contribution in [2.24, 2.45) is 0 Å². The molecule has 0 atom stereocenters. The maximum Gasteiger partial charge on any atom is 0.311 e. The molecule has 1 N–H and O–H groups in total. The summed E-state index contributed by atoms with van der Waals surface area (Å²) in [6, 6.07) is 11.5. The molecule has 0 spiro atoms. The summed E-state index contributed by atoms with van der Waals surface area (Å²) in [7, 11) is 1.33. The number of nitro benzene ring substituents is 1. The third-order valence-corrected chi connectivity index (χ3v) is 4.41. The van der Waals surface area contributed by atoms with Crippen molar-refractivity contribution in [3.63, 3.8) is 0 Å². The summed E-state index contributed by atoms with van der Waals surface area (Å²) in [5.74, 6) is -0.194. The first kappa shape index (κ1) is 18.4. The van der Waals surface area contributed by atoms with Crippen molar-refractivity contribution >= 4 is 23.2 Å². The summed E-state index contributed by atoms with van der Waals surface area (Å²) in [6.07, 6.45) is 1.44. The van der Waals surface area contributed by atoms with Gasteiger partial charge in [-0.3, -0.25) is 19.7 Å². The summed E-state index contributed by atoms with van der Waals surface area (Å²) in [5.41, 5.74) is 1.63. The summed E-state index contributed by atoms with van der Waals surface area (Å²) in [5, 5.41) is 13.8. The van der Waals surface area contributed by atoms with Crippen molar-refractivity contribution in [3.05, 3.63) is 63.7 Å². The predicted octanol–water partition coefficient (Wildman–Crippen LogP) is 2.66. The Kier molecular flexibility index (Phi) is 5.35. The van der Waals surface area contributed by atoms with Gasteiger partial charge in [0.15, 0.2) is 5.75 Å². The molecule has 0 radical (unpaired) electrons. The van der Waals surface area contributed by atoms with Crippen molar-refractivity contribution < 1.29 is 19.2 Å². The van der Waals surface area contributed by atoms with Gasteiger partial charge in [-0.05, 0) is 36.2 Å². The van der Waals surface area contributed by atoms with Crippen molar-refractivity contribution in [2.45, 2.75) is 19.4 Å². The molecule has 1 fully saturated rings. The van der Waals surface area contributed by atoms with Gasteiger partial charge in [-0.15, -0.1) is 0 Å². The first-order valence-corrected chi connectivity index (χ1v) is 8.49. The minimum atomic E-state index is -0.589. The molecule has 2 aromatic rings. The number of nitrogens with zero attached hydrogens (tertiary/aromatic N) is 2. The van der Waals surface area contributed by atoms with E-state index in [1.54, 1.807) is 4.90 Å². The van der Waals surface area contributed by atoms with E-state index < -0.39 is 10.8 Å². The molecule has 1 saturated heterocycles. The van der Waals surface area contributed by atoms with Gasteiger partial charge >= 0.3 is 5.69 Å². The lowest BCUT2D eigenvalue weighted by atomic mass is 10.1. The standard InChI is InChI=1S/C19H19N3O5/c1-27-17-9-6-14(11-16(17)22(25)26)19(24)20-12-13-4-7-15(8-5-13)21-10-2-3-18(21)23/h4-9,11H,2-3,10,12H2,1H3,(H,20,24). The summed E-state index contributed by atoms with van der Waals surface area (Å²) in [4.78, 5) is 36.3. The van der Waals surface area contributed by atoms with Gasteiger partial charge in [0, 0.05) is 36.8 Å². The number of nitrogens with one attached hydrogen (secondary N) is 1. The van der Waals surface area contributed by atoms with Gasteiger partial charge in [-0.1, -0.05) is 12.1 Å². The van der Waals surface area contributed by atoms with Crippen LogP contribution in [-0.2, 0) is 11.3 Å². The molecule has 1 aliphatic heterocycles. The average Bonchev–Trinajstić information content (AvgIpc) is 3.11. The van der Waals surface area contributed by atoms with Gasteiger partial charge in [-0.25, -0.2) is 0 Å². The Morgan fingerprint density at radius 1 is 1.26 bits per heavy atom. The lowest BCUT2D eigenvalue weighted by molar-refractivity contribution is -0.385. The molecule has 8 heteroatoms.